The Bertz CT molecular complexity index is 1180. The molecule has 2 aliphatic rings. The first-order valence-electron chi connectivity index (χ1n) is 9.48. The van der Waals surface area contributed by atoms with Gasteiger partial charge in [-0.1, -0.05) is 18.2 Å². The third kappa shape index (κ3) is 3.04. The number of nitrogens with zero attached hydrogens (tertiary/aromatic N) is 3. The summed E-state index contributed by atoms with van der Waals surface area (Å²) in [6.07, 6.45) is 0. The second-order valence-corrected chi connectivity index (χ2v) is 9.31. The van der Waals surface area contributed by atoms with Gasteiger partial charge in [-0.2, -0.15) is 0 Å². The standard InChI is InChI=1S/C21H23N3O3S.ClH/c1-22-9-11-23(12-10-22)14-18-17-13-15(27-2)7-8-19(17)24-21(18)16-5-3-4-6-20(16)28(24,25)26;/h3-8,13H,9-12,14H2,1-2H3;1H. The molecular weight excluding hydrogens is 410 g/mol. The summed E-state index contributed by atoms with van der Waals surface area (Å²) < 4.78 is 33.6. The smallest absolute Gasteiger partial charge is 0.269 e. The normalized spacial score (nSPS) is 18.3. The molecular formula is C21H24ClN3O3S. The topological polar surface area (TPSA) is 54.8 Å². The molecule has 3 heterocycles. The molecule has 1 fully saturated rings. The predicted octanol–water partition coefficient (Wildman–Crippen LogP) is 3.04. The van der Waals surface area contributed by atoms with E-state index in [9.17, 15) is 8.42 Å². The molecule has 2 aliphatic heterocycles. The minimum absolute atomic E-state index is 0. The molecule has 0 radical (unpaired) electrons. The molecule has 29 heavy (non-hydrogen) atoms. The van der Waals surface area contributed by atoms with Gasteiger partial charge in [0.1, 0.15) is 5.75 Å². The van der Waals surface area contributed by atoms with Crippen molar-refractivity contribution in [3.05, 3.63) is 48.0 Å². The van der Waals surface area contributed by atoms with Gasteiger partial charge in [-0.05, 0) is 31.3 Å². The second kappa shape index (κ2) is 7.32. The van der Waals surface area contributed by atoms with Crippen LogP contribution in [0.2, 0.25) is 0 Å². The number of benzene rings is 2. The highest BCUT2D eigenvalue weighted by molar-refractivity contribution is 7.90. The largest absolute Gasteiger partial charge is 0.497 e. The summed E-state index contributed by atoms with van der Waals surface area (Å²) in [6, 6.07) is 12.9. The summed E-state index contributed by atoms with van der Waals surface area (Å²) in [5, 5.41) is 0.950. The Hall–Kier alpha value is -2.06. The molecule has 0 N–H and O–H groups in total. The van der Waals surface area contributed by atoms with E-state index < -0.39 is 10.0 Å². The average Bonchev–Trinajstić information content (AvgIpc) is 3.15. The monoisotopic (exact) mass is 433 g/mol. The molecule has 2 aromatic carbocycles. The lowest BCUT2D eigenvalue weighted by molar-refractivity contribution is 0.148. The van der Waals surface area contributed by atoms with Crippen LogP contribution in [-0.2, 0) is 16.6 Å². The maximum atomic E-state index is 13.3. The van der Waals surface area contributed by atoms with Crippen LogP contribution in [-0.4, -0.2) is 62.5 Å². The van der Waals surface area contributed by atoms with Gasteiger partial charge in [-0.15, -0.1) is 12.4 Å². The van der Waals surface area contributed by atoms with Gasteiger partial charge < -0.3 is 9.64 Å². The zero-order chi connectivity index (χ0) is 19.5. The quantitative estimate of drug-likeness (QED) is 0.497. The van der Waals surface area contributed by atoms with Crippen LogP contribution in [0.1, 0.15) is 5.56 Å². The van der Waals surface area contributed by atoms with Crippen molar-refractivity contribution in [1.82, 2.24) is 13.8 Å². The van der Waals surface area contributed by atoms with Crippen LogP contribution in [0.5, 0.6) is 5.75 Å². The number of rotatable bonds is 3. The molecule has 0 spiro atoms. The molecule has 1 saturated heterocycles. The van der Waals surface area contributed by atoms with Gasteiger partial charge in [0.15, 0.2) is 0 Å². The minimum atomic E-state index is -3.59. The van der Waals surface area contributed by atoms with Crippen LogP contribution in [0.25, 0.3) is 22.2 Å². The zero-order valence-corrected chi connectivity index (χ0v) is 18.1. The van der Waals surface area contributed by atoms with Gasteiger partial charge in [-0.25, -0.2) is 12.4 Å². The van der Waals surface area contributed by atoms with Crippen molar-refractivity contribution in [3.63, 3.8) is 0 Å². The Kier molecular flexibility index (Phi) is 5.11. The number of likely N-dealkylation sites (N-methyl/N-ethyl adjacent to an activating group) is 1. The van der Waals surface area contributed by atoms with Crippen molar-refractivity contribution in [3.8, 4) is 17.0 Å². The molecule has 0 bridgehead atoms. The van der Waals surface area contributed by atoms with E-state index in [1.54, 1.807) is 19.2 Å². The average molecular weight is 434 g/mol. The number of fused-ring (bicyclic) bond motifs is 5. The highest BCUT2D eigenvalue weighted by atomic mass is 35.5. The molecule has 6 nitrogen and oxygen atoms in total. The van der Waals surface area contributed by atoms with Crippen LogP contribution in [0.3, 0.4) is 0 Å². The number of piperazine rings is 1. The molecule has 0 aliphatic carbocycles. The van der Waals surface area contributed by atoms with Crippen LogP contribution in [0, 0.1) is 0 Å². The molecule has 0 amide bonds. The van der Waals surface area contributed by atoms with Crippen molar-refractivity contribution in [1.29, 1.82) is 0 Å². The Balaban J connectivity index is 0.00000205. The Morgan fingerprint density at radius 1 is 1.03 bits per heavy atom. The van der Waals surface area contributed by atoms with E-state index in [0.717, 1.165) is 66.2 Å². The van der Waals surface area contributed by atoms with Crippen molar-refractivity contribution < 1.29 is 13.2 Å². The summed E-state index contributed by atoms with van der Waals surface area (Å²) in [5.41, 5.74) is 3.38. The second-order valence-electron chi connectivity index (χ2n) is 7.56. The summed E-state index contributed by atoms with van der Waals surface area (Å²) in [7, 11) is 0.181. The number of ether oxygens (including phenoxy) is 1. The lowest BCUT2D eigenvalue weighted by Crippen LogP contribution is -2.43. The molecule has 154 valence electrons. The number of hydrogen-bond acceptors (Lipinski definition) is 5. The van der Waals surface area contributed by atoms with Gasteiger partial charge in [0.2, 0.25) is 0 Å². The van der Waals surface area contributed by atoms with Crippen molar-refractivity contribution in [2.45, 2.75) is 11.4 Å². The van der Waals surface area contributed by atoms with Crippen molar-refractivity contribution >= 4 is 33.3 Å². The molecule has 0 atom stereocenters. The number of methoxy groups -OCH3 is 1. The lowest BCUT2D eigenvalue weighted by Gasteiger charge is -2.32. The van der Waals surface area contributed by atoms with Gasteiger partial charge in [0, 0.05) is 49.2 Å². The van der Waals surface area contributed by atoms with E-state index in [0.29, 0.717) is 4.90 Å². The van der Waals surface area contributed by atoms with E-state index in [-0.39, 0.29) is 12.4 Å². The predicted molar refractivity (Wildman–Crippen MR) is 117 cm³/mol. The van der Waals surface area contributed by atoms with E-state index >= 15 is 0 Å². The maximum Gasteiger partial charge on any atom is 0.269 e. The van der Waals surface area contributed by atoms with Crippen LogP contribution >= 0.6 is 12.4 Å². The third-order valence-electron chi connectivity index (χ3n) is 5.87. The summed E-state index contributed by atoms with van der Waals surface area (Å²) in [6.45, 7) is 4.71. The highest BCUT2D eigenvalue weighted by Crippen LogP contribution is 2.45. The van der Waals surface area contributed by atoms with Gasteiger partial charge >= 0.3 is 0 Å². The Morgan fingerprint density at radius 3 is 2.48 bits per heavy atom. The summed E-state index contributed by atoms with van der Waals surface area (Å²) >= 11 is 0. The van der Waals surface area contributed by atoms with Crippen molar-refractivity contribution in [2.24, 2.45) is 0 Å². The van der Waals surface area contributed by atoms with Gasteiger partial charge in [0.25, 0.3) is 10.0 Å². The zero-order valence-electron chi connectivity index (χ0n) is 16.5. The van der Waals surface area contributed by atoms with Gasteiger partial charge in [0.05, 0.1) is 23.2 Å². The molecule has 3 aromatic rings. The first-order chi connectivity index (χ1) is 13.5. The molecule has 5 rings (SSSR count). The fourth-order valence-electron chi connectivity index (χ4n) is 4.33. The van der Waals surface area contributed by atoms with Crippen LogP contribution in [0.4, 0.5) is 0 Å². The molecule has 0 saturated carbocycles. The number of aromatic nitrogens is 1. The molecule has 0 unspecified atom stereocenters. The maximum absolute atomic E-state index is 13.3. The van der Waals surface area contributed by atoms with Crippen LogP contribution in [0.15, 0.2) is 47.4 Å². The minimum Gasteiger partial charge on any atom is -0.497 e. The highest BCUT2D eigenvalue weighted by Gasteiger charge is 2.37. The Labute approximate surface area is 177 Å². The van der Waals surface area contributed by atoms with E-state index in [4.69, 9.17) is 4.74 Å². The summed E-state index contributed by atoms with van der Waals surface area (Å²) in [4.78, 5) is 5.12. The molecule has 8 heteroatoms. The SMILES string of the molecule is COc1ccc2c(c1)c(CN1CCN(C)CC1)c1n2S(=O)(=O)c2ccccc2-1.Cl. The summed E-state index contributed by atoms with van der Waals surface area (Å²) in [5.74, 6) is 0.738. The van der Waals surface area contributed by atoms with E-state index in [1.165, 1.54) is 3.97 Å². The lowest BCUT2D eigenvalue weighted by atomic mass is 10.0. The van der Waals surface area contributed by atoms with Crippen molar-refractivity contribution in [2.75, 3.05) is 40.3 Å². The number of halogens is 1. The third-order valence-corrected chi connectivity index (χ3v) is 7.65. The molecule has 1 aromatic heterocycles. The van der Waals surface area contributed by atoms with E-state index in [1.807, 2.05) is 30.3 Å². The number of hydrogen-bond donors (Lipinski definition) is 0. The van der Waals surface area contributed by atoms with Gasteiger partial charge in [-0.3, -0.25) is 4.90 Å². The first-order valence-corrected chi connectivity index (χ1v) is 10.9. The van der Waals surface area contributed by atoms with E-state index in [2.05, 4.69) is 16.8 Å². The Morgan fingerprint density at radius 2 is 1.76 bits per heavy atom. The fraction of sp³-hybridized carbons (Fsp3) is 0.333. The van der Waals surface area contributed by atoms with Crippen LogP contribution < -0.4 is 4.74 Å². The first kappa shape index (κ1) is 20.2. The fourth-order valence-corrected chi connectivity index (χ4v) is 6.09.